The lowest BCUT2D eigenvalue weighted by atomic mass is 9.99. The number of hydrogen-bond acceptors (Lipinski definition) is 4. The topological polar surface area (TPSA) is 77.1 Å². The van der Waals surface area contributed by atoms with Gasteiger partial charge in [-0.15, -0.1) is 0 Å². The Morgan fingerprint density at radius 2 is 1.97 bits per heavy atom. The number of benzene rings is 1. The summed E-state index contributed by atoms with van der Waals surface area (Å²) in [6, 6.07) is 12.6. The molecule has 0 unspecified atom stereocenters. The fraction of sp³-hybridized carbons (Fsp3) is 0.154. The first kappa shape index (κ1) is 21.5. The maximum absolute atomic E-state index is 13.8. The van der Waals surface area contributed by atoms with Crippen molar-refractivity contribution >= 4 is 11.6 Å². The number of nitrogens with one attached hydrogen (secondary N) is 1. The predicted octanol–water partition coefficient (Wildman–Crippen LogP) is 4.53. The van der Waals surface area contributed by atoms with Crippen LogP contribution in [0.5, 0.6) is 0 Å². The van der Waals surface area contributed by atoms with Gasteiger partial charge in [0.1, 0.15) is 17.2 Å². The van der Waals surface area contributed by atoms with Crippen molar-refractivity contribution in [3.63, 3.8) is 0 Å². The molecule has 0 spiro atoms. The molecule has 1 aromatic carbocycles. The molecule has 34 heavy (non-hydrogen) atoms. The van der Waals surface area contributed by atoms with Crippen LogP contribution in [0.2, 0.25) is 0 Å². The lowest BCUT2D eigenvalue weighted by Crippen LogP contribution is -2.26. The molecule has 0 saturated carbocycles. The Balaban J connectivity index is 1.41. The number of amides is 1. The molecule has 170 valence electrons. The number of imidazole rings is 2. The number of pyridine rings is 2. The van der Waals surface area contributed by atoms with Crippen LogP contribution in [0.3, 0.4) is 0 Å². The van der Waals surface area contributed by atoms with Gasteiger partial charge < -0.3 is 9.88 Å². The van der Waals surface area contributed by atoms with Crippen LogP contribution in [-0.4, -0.2) is 36.4 Å². The van der Waals surface area contributed by atoms with Crippen LogP contribution in [0.4, 0.5) is 4.39 Å². The summed E-state index contributed by atoms with van der Waals surface area (Å²) in [6.07, 6.45) is 11.4. The van der Waals surface area contributed by atoms with Gasteiger partial charge in [0, 0.05) is 54.6 Å². The van der Waals surface area contributed by atoms with E-state index in [4.69, 9.17) is 0 Å². The summed E-state index contributed by atoms with van der Waals surface area (Å²) in [4.78, 5) is 25.8. The maximum atomic E-state index is 13.8. The first-order valence-electron chi connectivity index (χ1n) is 11.0. The van der Waals surface area contributed by atoms with Crippen LogP contribution in [0.15, 0.2) is 79.8 Å². The van der Waals surface area contributed by atoms with Gasteiger partial charge >= 0.3 is 0 Å². The van der Waals surface area contributed by atoms with Gasteiger partial charge in [0.05, 0.1) is 18.2 Å². The predicted molar refractivity (Wildman–Crippen MR) is 128 cm³/mol. The summed E-state index contributed by atoms with van der Waals surface area (Å²) >= 11 is 0. The van der Waals surface area contributed by atoms with E-state index in [0.717, 1.165) is 35.3 Å². The second-order valence-corrected chi connectivity index (χ2v) is 8.06. The van der Waals surface area contributed by atoms with E-state index in [1.807, 2.05) is 41.2 Å². The SMILES string of the molecule is Cc1cc(-c2ncccc2-c2ccc3ncc(C(=O)NCCCn4ccnc4)n3c2)ccc1F. The summed E-state index contributed by atoms with van der Waals surface area (Å²) in [5.74, 6) is -0.433. The zero-order valence-electron chi connectivity index (χ0n) is 18.6. The molecule has 5 aromatic rings. The Bertz CT molecular complexity index is 1460. The standard InChI is InChI=1S/C26H23FN6O/c1-18-14-19(5-7-22(18)27)25-21(4-2-9-29-25)20-6-8-24-31-15-23(33(24)16-20)26(34)30-10-3-12-32-13-11-28-17-32/h2,4-9,11,13-17H,3,10,12H2,1H3,(H,30,34). The molecule has 0 aliphatic heterocycles. The van der Waals surface area contributed by atoms with E-state index in [1.165, 1.54) is 6.07 Å². The number of rotatable bonds is 7. The third-order valence-electron chi connectivity index (χ3n) is 5.73. The highest BCUT2D eigenvalue weighted by molar-refractivity contribution is 5.93. The monoisotopic (exact) mass is 454 g/mol. The van der Waals surface area contributed by atoms with Crippen molar-refractivity contribution < 1.29 is 9.18 Å². The molecule has 7 nitrogen and oxygen atoms in total. The number of carbonyl (C=O) groups is 1. The van der Waals surface area contributed by atoms with Gasteiger partial charge in [-0.1, -0.05) is 6.07 Å². The van der Waals surface area contributed by atoms with Gasteiger partial charge in [-0.3, -0.25) is 14.2 Å². The first-order valence-corrected chi connectivity index (χ1v) is 11.0. The van der Waals surface area contributed by atoms with Crippen LogP contribution >= 0.6 is 0 Å². The van der Waals surface area contributed by atoms with Gasteiger partial charge in [-0.05, 0) is 55.3 Å². The maximum Gasteiger partial charge on any atom is 0.269 e. The molecule has 1 N–H and O–H groups in total. The smallest absolute Gasteiger partial charge is 0.269 e. The summed E-state index contributed by atoms with van der Waals surface area (Å²) < 4.78 is 17.6. The minimum Gasteiger partial charge on any atom is -0.351 e. The van der Waals surface area contributed by atoms with E-state index in [9.17, 15) is 9.18 Å². The van der Waals surface area contributed by atoms with E-state index in [-0.39, 0.29) is 11.7 Å². The third-order valence-corrected chi connectivity index (χ3v) is 5.73. The van der Waals surface area contributed by atoms with E-state index in [1.54, 1.807) is 48.4 Å². The molecule has 4 aromatic heterocycles. The summed E-state index contributed by atoms with van der Waals surface area (Å²) in [5.41, 5.74) is 5.04. The lowest BCUT2D eigenvalue weighted by Gasteiger charge is -2.11. The molecule has 0 aliphatic rings. The highest BCUT2D eigenvalue weighted by Gasteiger charge is 2.15. The van der Waals surface area contributed by atoms with Crippen molar-refractivity contribution in [3.8, 4) is 22.4 Å². The Morgan fingerprint density at radius 3 is 2.79 bits per heavy atom. The fourth-order valence-corrected chi connectivity index (χ4v) is 3.94. The fourth-order valence-electron chi connectivity index (χ4n) is 3.94. The van der Waals surface area contributed by atoms with Crippen molar-refractivity contribution in [2.24, 2.45) is 0 Å². The Morgan fingerprint density at radius 1 is 1.09 bits per heavy atom. The Kier molecular flexibility index (Phi) is 5.86. The zero-order chi connectivity index (χ0) is 23.5. The number of fused-ring (bicyclic) bond motifs is 1. The number of aromatic nitrogens is 5. The molecule has 0 atom stereocenters. The summed E-state index contributed by atoms with van der Waals surface area (Å²) in [6.45, 7) is 3.06. The van der Waals surface area contributed by atoms with E-state index < -0.39 is 0 Å². The number of carbonyl (C=O) groups excluding carboxylic acids is 1. The van der Waals surface area contributed by atoms with Crippen LogP contribution in [0.1, 0.15) is 22.5 Å². The van der Waals surface area contributed by atoms with E-state index >= 15 is 0 Å². The van der Waals surface area contributed by atoms with Crippen molar-refractivity contribution in [2.75, 3.05) is 6.54 Å². The largest absolute Gasteiger partial charge is 0.351 e. The van der Waals surface area contributed by atoms with Crippen LogP contribution < -0.4 is 5.32 Å². The number of hydrogen-bond donors (Lipinski definition) is 1. The van der Waals surface area contributed by atoms with E-state index in [2.05, 4.69) is 20.3 Å². The highest BCUT2D eigenvalue weighted by atomic mass is 19.1. The van der Waals surface area contributed by atoms with Crippen LogP contribution in [-0.2, 0) is 6.54 Å². The number of nitrogens with zero attached hydrogens (tertiary/aromatic N) is 5. The van der Waals surface area contributed by atoms with Gasteiger partial charge in [-0.25, -0.2) is 14.4 Å². The minimum absolute atomic E-state index is 0.184. The molecule has 5 rings (SSSR count). The van der Waals surface area contributed by atoms with Gasteiger partial charge in [-0.2, -0.15) is 0 Å². The highest BCUT2D eigenvalue weighted by Crippen LogP contribution is 2.31. The molecule has 0 bridgehead atoms. The molecule has 1 amide bonds. The Hall–Kier alpha value is -4.33. The van der Waals surface area contributed by atoms with Crippen molar-refractivity contribution in [3.05, 3.63) is 96.9 Å². The van der Waals surface area contributed by atoms with Gasteiger partial charge in [0.15, 0.2) is 0 Å². The first-order chi connectivity index (χ1) is 16.6. The summed E-state index contributed by atoms with van der Waals surface area (Å²) in [5, 5.41) is 2.97. The van der Waals surface area contributed by atoms with Crippen molar-refractivity contribution in [1.29, 1.82) is 0 Å². The minimum atomic E-state index is -0.248. The average molecular weight is 455 g/mol. The molecule has 0 saturated heterocycles. The molecular formula is C26H23FN6O. The summed E-state index contributed by atoms with van der Waals surface area (Å²) in [7, 11) is 0. The quantitative estimate of drug-likeness (QED) is 0.367. The zero-order valence-corrected chi connectivity index (χ0v) is 18.6. The molecule has 0 radical (unpaired) electrons. The molecule has 0 aliphatic carbocycles. The molecule has 4 heterocycles. The second-order valence-electron chi connectivity index (χ2n) is 8.06. The average Bonchev–Trinajstić information content (AvgIpc) is 3.53. The van der Waals surface area contributed by atoms with Crippen LogP contribution in [0, 0.1) is 12.7 Å². The van der Waals surface area contributed by atoms with Gasteiger partial charge in [0.2, 0.25) is 0 Å². The molecule has 8 heteroatoms. The van der Waals surface area contributed by atoms with Crippen molar-refractivity contribution in [1.82, 2.24) is 29.2 Å². The van der Waals surface area contributed by atoms with Crippen LogP contribution in [0.25, 0.3) is 28.0 Å². The van der Waals surface area contributed by atoms with Crippen molar-refractivity contribution in [2.45, 2.75) is 19.9 Å². The number of halogens is 1. The second kappa shape index (κ2) is 9.27. The van der Waals surface area contributed by atoms with Gasteiger partial charge in [0.25, 0.3) is 5.91 Å². The molecular weight excluding hydrogens is 431 g/mol. The third kappa shape index (κ3) is 4.30. The molecule has 0 fully saturated rings. The lowest BCUT2D eigenvalue weighted by molar-refractivity contribution is 0.0947. The Labute approximate surface area is 196 Å². The van der Waals surface area contributed by atoms with E-state index in [0.29, 0.717) is 23.4 Å². The number of aryl methyl sites for hydroxylation is 2. The normalized spacial score (nSPS) is 11.1.